The van der Waals surface area contributed by atoms with Gasteiger partial charge in [0.2, 0.25) is 9.84 Å². The molecule has 0 saturated carbocycles. The van der Waals surface area contributed by atoms with E-state index in [9.17, 15) is 8.42 Å². The van der Waals surface area contributed by atoms with Crippen molar-refractivity contribution in [1.29, 1.82) is 0 Å². The number of hydrogen-bond donors (Lipinski definition) is 0. The molecule has 0 saturated heterocycles. The molecule has 0 aliphatic rings. The van der Waals surface area contributed by atoms with Crippen LogP contribution in [-0.4, -0.2) is 64.2 Å². The maximum atomic E-state index is 12.5. The van der Waals surface area contributed by atoms with Gasteiger partial charge >= 0.3 is 0 Å². The van der Waals surface area contributed by atoms with Crippen LogP contribution in [0.4, 0.5) is 0 Å². The predicted molar refractivity (Wildman–Crippen MR) is 125 cm³/mol. The van der Waals surface area contributed by atoms with E-state index in [1.165, 1.54) is 30.1 Å². The van der Waals surface area contributed by atoms with Gasteiger partial charge in [-0.3, -0.25) is 0 Å². The van der Waals surface area contributed by atoms with E-state index in [1.54, 1.807) is 32.4 Å². The van der Waals surface area contributed by atoms with E-state index in [1.807, 2.05) is 18.2 Å². The smallest absolute Gasteiger partial charge is 0.251 e. The van der Waals surface area contributed by atoms with Gasteiger partial charge in [-0.05, 0) is 67.9 Å². The first-order chi connectivity index (χ1) is 15.9. The van der Waals surface area contributed by atoms with E-state index in [0.717, 1.165) is 37.4 Å². The zero-order valence-electron chi connectivity index (χ0n) is 19.1. The molecule has 0 atom stereocenters. The first kappa shape index (κ1) is 24.5. The van der Waals surface area contributed by atoms with Crippen LogP contribution in [0.3, 0.4) is 0 Å². The predicted octanol–water partition coefficient (Wildman–Crippen LogP) is 3.27. The van der Waals surface area contributed by atoms with Crippen molar-refractivity contribution in [3.63, 3.8) is 0 Å². The summed E-state index contributed by atoms with van der Waals surface area (Å²) in [5.41, 5.74) is 1.19. The minimum Gasteiger partial charge on any atom is -0.494 e. The minimum atomic E-state index is -3.73. The molecule has 1 aromatic heterocycles. The van der Waals surface area contributed by atoms with Crippen LogP contribution >= 0.6 is 0 Å². The third-order valence-corrected chi connectivity index (χ3v) is 6.68. The largest absolute Gasteiger partial charge is 0.494 e. The van der Waals surface area contributed by atoms with Crippen molar-refractivity contribution in [3.05, 3.63) is 66.5 Å². The van der Waals surface area contributed by atoms with Gasteiger partial charge in [0.25, 0.3) is 5.16 Å². The van der Waals surface area contributed by atoms with Crippen molar-refractivity contribution in [2.75, 3.05) is 41.0 Å². The Morgan fingerprint density at radius 3 is 2.27 bits per heavy atom. The van der Waals surface area contributed by atoms with E-state index < -0.39 is 9.84 Å². The summed E-state index contributed by atoms with van der Waals surface area (Å²) in [5, 5.41) is -0.213. The summed E-state index contributed by atoms with van der Waals surface area (Å²) in [6.45, 7) is 2.32. The van der Waals surface area contributed by atoms with Crippen molar-refractivity contribution < 1.29 is 22.6 Å². The van der Waals surface area contributed by atoms with Crippen molar-refractivity contribution in [3.8, 4) is 17.2 Å². The van der Waals surface area contributed by atoms with Gasteiger partial charge in [-0.2, -0.15) is 0 Å². The molecule has 33 heavy (non-hydrogen) atoms. The molecule has 1 heterocycles. The number of ether oxygens (including phenoxy) is 3. The fourth-order valence-corrected chi connectivity index (χ4v) is 4.34. The van der Waals surface area contributed by atoms with E-state index in [-0.39, 0.29) is 10.1 Å². The van der Waals surface area contributed by atoms with Gasteiger partial charge in [0.05, 0.1) is 25.7 Å². The Bertz CT molecular complexity index is 1120. The molecule has 0 unspecified atom stereocenters. The van der Waals surface area contributed by atoms with Crippen molar-refractivity contribution in [2.45, 2.75) is 22.9 Å². The Labute approximate surface area is 195 Å². The zero-order valence-corrected chi connectivity index (χ0v) is 19.9. The molecule has 0 bridgehead atoms. The number of hydrogen-bond acceptors (Lipinski definition) is 8. The standard InChI is InChI=1S/C24H29N3O5S/c1-27(16-12-19-6-11-22(30-2)23(18-19)31-3)15-5-17-32-20-7-9-21(10-8-20)33(28,29)24-25-13-4-14-26-24/h4,6-11,13-14,18H,5,12,15-17H2,1-3H3. The molecule has 8 nitrogen and oxygen atoms in total. The third-order valence-electron chi connectivity index (χ3n) is 5.10. The molecule has 0 radical (unpaired) electrons. The lowest BCUT2D eigenvalue weighted by Gasteiger charge is -2.17. The fraction of sp³-hybridized carbons (Fsp3) is 0.333. The summed E-state index contributed by atoms with van der Waals surface area (Å²) in [6, 6.07) is 13.9. The average molecular weight is 472 g/mol. The van der Waals surface area contributed by atoms with E-state index in [4.69, 9.17) is 14.2 Å². The van der Waals surface area contributed by atoms with Crippen LogP contribution in [-0.2, 0) is 16.3 Å². The van der Waals surface area contributed by atoms with E-state index in [2.05, 4.69) is 21.9 Å². The Morgan fingerprint density at radius 2 is 1.61 bits per heavy atom. The molecular weight excluding hydrogens is 442 g/mol. The third kappa shape index (κ3) is 6.66. The first-order valence-corrected chi connectivity index (χ1v) is 12.1. The van der Waals surface area contributed by atoms with Crippen molar-refractivity contribution >= 4 is 9.84 Å². The van der Waals surface area contributed by atoms with Gasteiger partial charge < -0.3 is 19.1 Å². The molecule has 176 valence electrons. The van der Waals surface area contributed by atoms with Gasteiger partial charge in [-0.15, -0.1) is 0 Å². The minimum absolute atomic E-state index is 0.135. The Hall–Kier alpha value is -3.17. The summed E-state index contributed by atoms with van der Waals surface area (Å²) < 4.78 is 41.5. The molecule has 3 rings (SSSR count). The normalized spacial score (nSPS) is 11.4. The van der Waals surface area contributed by atoms with E-state index in [0.29, 0.717) is 12.4 Å². The summed E-state index contributed by atoms with van der Waals surface area (Å²) in [5.74, 6) is 2.09. The number of methoxy groups -OCH3 is 2. The second-order valence-corrected chi connectivity index (χ2v) is 9.29. The highest BCUT2D eigenvalue weighted by Crippen LogP contribution is 2.27. The van der Waals surface area contributed by atoms with Crippen LogP contribution in [0.1, 0.15) is 12.0 Å². The highest BCUT2D eigenvalue weighted by molar-refractivity contribution is 7.91. The number of aromatic nitrogens is 2. The summed E-state index contributed by atoms with van der Waals surface area (Å²) in [7, 11) is 1.61. The van der Waals surface area contributed by atoms with Crippen LogP contribution in [0, 0.1) is 0 Å². The Kier molecular flexibility index (Phi) is 8.62. The number of rotatable bonds is 12. The summed E-state index contributed by atoms with van der Waals surface area (Å²) in [6.07, 6.45) is 4.56. The van der Waals surface area contributed by atoms with Gasteiger partial charge in [0.1, 0.15) is 5.75 Å². The van der Waals surface area contributed by atoms with Crippen LogP contribution in [0.5, 0.6) is 17.2 Å². The topological polar surface area (TPSA) is 90.9 Å². The quantitative estimate of drug-likeness (QED) is 0.294. The molecule has 3 aromatic rings. The van der Waals surface area contributed by atoms with Gasteiger partial charge in [-0.1, -0.05) is 6.07 Å². The SMILES string of the molecule is COc1ccc(CCN(C)CCCOc2ccc(S(=O)(=O)c3ncccn3)cc2)cc1OC. The second kappa shape index (κ2) is 11.6. The van der Waals surface area contributed by atoms with Gasteiger partial charge in [0.15, 0.2) is 11.5 Å². The van der Waals surface area contributed by atoms with Crippen LogP contribution in [0.15, 0.2) is 71.0 Å². The molecule has 9 heteroatoms. The Morgan fingerprint density at radius 1 is 0.909 bits per heavy atom. The molecule has 0 amide bonds. The second-order valence-electron chi connectivity index (χ2n) is 7.45. The zero-order chi connectivity index (χ0) is 23.7. The molecule has 0 N–H and O–H groups in total. The summed E-state index contributed by atoms with van der Waals surface area (Å²) >= 11 is 0. The number of benzene rings is 2. The van der Waals surface area contributed by atoms with E-state index >= 15 is 0 Å². The number of sulfone groups is 1. The molecule has 2 aromatic carbocycles. The summed E-state index contributed by atoms with van der Waals surface area (Å²) in [4.78, 5) is 10.0. The van der Waals surface area contributed by atoms with Crippen LogP contribution in [0.25, 0.3) is 0 Å². The molecular formula is C24H29N3O5S. The fourth-order valence-electron chi connectivity index (χ4n) is 3.24. The number of likely N-dealkylation sites (N-methyl/N-ethyl adjacent to an activating group) is 1. The first-order valence-electron chi connectivity index (χ1n) is 10.6. The molecule has 0 aliphatic heterocycles. The van der Waals surface area contributed by atoms with Crippen LogP contribution in [0.2, 0.25) is 0 Å². The highest BCUT2D eigenvalue weighted by Gasteiger charge is 2.20. The van der Waals surface area contributed by atoms with Crippen molar-refractivity contribution in [2.24, 2.45) is 0 Å². The molecule has 0 fully saturated rings. The Balaban J connectivity index is 1.42. The monoisotopic (exact) mass is 471 g/mol. The lowest BCUT2D eigenvalue weighted by atomic mass is 10.1. The highest BCUT2D eigenvalue weighted by atomic mass is 32.2. The number of nitrogens with zero attached hydrogens (tertiary/aromatic N) is 3. The van der Waals surface area contributed by atoms with Gasteiger partial charge in [0, 0.05) is 25.5 Å². The lowest BCUT2D eigenvalue weighted by molar-refractivity contribution is 0.264. The van der Waals surface area contributed by atoms with Crippen LogP contribution < -0.4 is 14.2 Å². The molecule has 0 spiro atoms. The lowest BCUT2D eigenvalue weighted by Crippen LogP contribution is -2.23. The maximum Gasteiger partial charge on any atom is 0.251 e. The van der Waals surface area contributed by atoms with Crippen molar-refractivity contribution in [1.82, 2.24) is 14.9 Å². The molecule has 0 aliphatic carbocycles. The maximum absolute atomic E-state index is 12.5. The van der Waals surface area contributed by atoms with Gasteiger partial charge in [-0.25, -0.2) is 18.4 Å². The average Bonchev–Trinajstić information content (AvgIpc) is 2.86.